The van der Waals surface area contributed by atoms with E-state index >= 15 is 0 Å². The number of carbonyl (C=O) groups is 3. The van der Waals surface area contributed by atoms with Crippen molar-refractivity contribution in [3.05, 3.63) is 0 Å². The quantitative estimate of drug-likeness (QED) is 0.558. The first kappa shape index (κ1) is 14.4. The molecule has 92 valence electrons. The summed E-state index contributed by atoms with van der Waals surface area (Å²) in [4.78, 5) is 33.8. The molecule has 0 aliphatic heterocycles. The number of aliphatic carboxylic acids is 1. The molecule has 7 heteroatoms. The van der Waals surface area contributed by atoms with E-state index in [1.807, 2.05) is 6.92 Å². The Bertz CT molecular complexity index is 267. The topological polar surface area (TPSA) is 98.7 Å². The highest BCUT2D eigenvalue weighted by Gasteiger charge is 2.11. The maximum Gasteiger partial charge on any atom is 0.321 e. The fourth-order valence-electron chi connectivity index (χ4n) is 0.981. The summed E-state index contributed by atoms with van der Waals surface area (Å²) in [6.45, 7) is 2.00. The highest BCUT2D eigenvalue weighted by molar-refractivity contribution is 5.95. The number of nitrogens with zero attached hydrogens (tertiary/aromatic N) is 1. The fraction of sp³-hybridized carbons (Fsp3) is 0.667. The monoisotopic (exact) mass is 231 g/mol. The SMILES string of the molecule is CCCNC(=O)NC(=O)CN(C)CC(=O)O. The summed E-state index contributed by atoms with van der Waals surface area (Å²) in [7, 11) is 1.48. The third kappa shape index (κ3) is 7.74. The number of hydrogen-bond acceptors (Lipinski definition) is 4. The maximum absolute atomic E-state index is 11.2. The maximum atomic E-state index is 11.2. The zero-order valence-corrected chi connectivity index (χ0v) is 9.45. The molecule has 0 rings (SSSR count). The van der Waals surface area contributed by atoms with Crippen molar-refractivity contribution < 1.29 is 19.5 Å². The zero-order valence-electron chi connectivity index (χ0n) is 9.45. The van der Waals surface area contributed by atoms with Gasteiger partial charge in [0.1, 0.15) is 0 Å². The normalized spacial score (nSPS) is 9.94. The molecule has 3 N–H and O–H groups in total. The van der Waals surface area contributed by atoms with E-state index in [1.165, 1.54) is 11.9 Å². The Morgan fingerprint density at radius 3 is 2.38 bits per heavy atom. The van der Waals surface area contributed by atoms with E-state index in [0.717, 1.165) is 6.42 Å². The molecule has 0 aliphatic rings. The minimum Gasteiger partial charge on any atom is -0.480 e. The molecule has 7 nitrogen and oxygen atoms in total. The number of likely N-dealkylation sites (N-methyl/N-ethyl adjacent to an activating group) is 1. The van der Waals surface area contributed by atoms with Crippen LogP contribution in [0.5, 0.6) is 0 Å². The molecule has 0 saturated heterocycles. The van der Waals surface area contributed by atoms with Crippen molar-refractivity contribution in [3.63, 3.8) is 0 Å². The summed E-state index contributed by atoms with van der Waals surface area (Å²) < 4.78 is 0. The van der Waals surface area contributed by atoms with Crippen LogP contribution in [0, 0.1) is 0 Å². The van der Waals surface area contributed by atoms with Gasteiger partial charge in [-0.1, -0.05) is 6.92 Å². The number of urea groups is 1. The Hall–Kier alpha value is -1.63. The van der Waals surface area contributed by atoms with Crippen molar-refractivity contribution in [1.29, 1.82) is 0 Å². The molecular weight excluding hydrogens is 214 g/mol. The predicted octanol–water partition coefficient (Wildman–Crippen LogP) is -0.761. The first-order valence-corrected chi connectivity index (χ1v) is 4.93. The Morgan fingerprint density at radius 1 is 1.25 bits per heavy atom. The Labute approximate surface area is 93.8 Å². The summed E-state index contributed by atoms with van der Waals surface area (Å²) in [5.41, 5.74) is 0. The lowest BCUT2D eigenvalue weighted by Gasteiger charge is -2.13. The Kier molecular flexibility index (Phi) is 6.86. The van der Waals surface area contributed by atoms with Gasteiger partial charge in [-0.3, -0.25) is 19.8 Å². The first-order chi connectivity index (χ1) is 7.45. The molecule has 0 unspecified atom stereocenters. The summed E-state index contributed by atoms with van der Waals surface area (Å²) in [5, 5.41) is 13.0. The second-order valence-corrected chi connectivity index (χ2v) is 3.37. The number of carboxylic acids is 1. The summed E-state index contributed by atoms with van der Waals surface area (Å²) >= 11 is 0. The molecule has 0 spiro atoms. The summed E-state index contributed by atoms with van der Waals surface area (Å²) in [5.74, 6) is -1.55. The van der Waals surface area contributed by atoms with Crippen molar-refractivity contribution >= 4 is 17.9 Å². The van der Waals surface area contributed by atoms with E-state index in [2.05, 4.69) is 10.6 Å². The van der Waals surface area contributed by atoms with Crippen molar-refractivity contribution in [2.24, 2.45) is 0 Å². The summed E-state index contributed by atoms with van der Waals surface area (Å²) in [6.07, 6.45) is 0.778. The molecule has 0 fully saturated rings. The third-order valence-corrected chi connectivity index (χ3v) is 1.61. The molecule has 0 aromatic carbocycles. The number of imide groups is 1. The minimum atomic E-state index is -1.02. The predicted molar refractivity (Wildman–Crippen MR) is 57.0 cm³/mol. The van der Waals surface area contributed by atoms with E-state index in [0.29, 0.717) is 6.54 Å². The van der Waals surface area contributed by atoms with Gasteiger partial charge in [0.2, 0.25) is 5.91 Å². The molecular formula is C9H17N3O4. The van der Waals surface area contributed by atoms with Gasteiger partial charge in [0.05, 0.1) is 13.1 Å². The fourth-order valence-corrected chi connectivity index (χ4v) is 0.981. The zero-order chi connectivity index (χ0) is 12.6. The molecule has 0 bridgehead atoms. The van der Waals surface area contributed by atoms with Crippen LogP contribution in [-0.4, -0.2) is 54.6 Å². The molecule has 0 aromatic rings. The first-order valence-electron chi connectivity index (χ1n) is 4.93. The number of hydrogen-bond donors (Lipinski definition) is 3. The van der Waals surface area contributed by atoms with Crippen molar-refractivity contribution in [2.75, 3.05) is 26.7 Å². The van der Waals surface area contributed by atoms with Crippen molar-refractivity contribution in [2.45, 2.75) is 13.3 Å². The van der Waals surface area contributed by atoms with Crippen LogP contribution in [0.2, 0.25) is 0 Å². The standard InChI is InChI=1S/C9H17N3O4/c1-3-4-10-9(16)11-7(13)5-12(2)6-8(14)15/h3-6H2,1-2H3,(H,14,15)(H2,10,11,13,16). The van der Waals surface area contributed by atoms with E-state index in [4.69, 9.17) is 5.11 Å². The second-order valence-electron chi connectivity index (χ2n) is 3.37. The minimum absolute atomic E-state index is 0.133. The van der Waals surface area contributed by atoms with Gasteiger partial charge in [0, 0.05) is 6.54 Å². The highest BCUT2D eigenvalue weighted by atomic mass is 16.4. The molecule has 0 saturated carbocycles. The van der Waals surface area contributed by atoms with Crippen LogP contribution in [0.4, 0.5) is 4.79 Å². The summed E-state index contributed by atoms with van der Waals surface area (Å²) in [6, 6.07) is -0.560. The van der Waals surface area contributed by atoms with Gasteiger partial charge in [-0.25, -0.2) is 4.79 Å². The van der Waals surface area contributed by atoms with Gasteiger partial charge in [0.25, 0.3) is 0 Å². The second kappa shape index (κ2) is 7.63. The molecule has 16 heavy (non-hydrogen) atoms. The smallest absolute Gasteiger partial charge is 0.321 e. The van der Waals surface area contributed by atoms with Gasteiger partial charge in [0.15, 0.2) is 0 Å². The lowest BCUT2D eigenvalue weighted by molar-refractivity contribution is -0.138. The van der Waals surface area contributed by atoms with E-state index in [1.54, 1.807) is 0 Å². The van der Waals surface area contributed by atoms with Gasteiger partial charge in [-0.2, -0.15) is 0 Å². The molecule has 0 aliphatic carbocycles. The average molecular weight is 231 g/mol. The van der Waals surface area contributed by atoms with Crippen LogP contribution in [0.25, 0.3) is 0 Å². The Balaban J connectivity index is 3.80. The van der Waals surface area contributed by atoms with Crippen LogP contribution in [0.1, 0.15) is 13.3 Å². The molecule has 0 heterocycles. The van der Waals surface area contributed by atoms with Crippen LogP contribution < -0.4 is 10.6 Å². The van der Waals surface area contributed by atoms with Crippen molar-refractivity contribution in [3.8, 4) is 0 Å². The number of rotatable bonds is 6. The van der Waals surface area contributed by atoms with Gasteiger partial charge in [-0.05, 0) is 13.5 Å². The van der Waals surface area contributed by atoms with E-state index in [-0.39, 0.29) is 13.1 Å². The highest BCUT2D eigenvalue weighted by Crippen LogP contribution is 1.82. The largest absolute Gasteiger partial charge is 0.480 e. The molecule has 0 aromatic heterocycles. The lowest BCUT2D eigenvalue weighted by Crippen LogP contribution is -2.44. The number of amides is 3. The number of carboxylic acid groups (broad SMARTS) is 1. The van der Waals surface area contributed by atoms with E-state index < -0.39 is 17.9 Å². The molecule has 3 amide bonds. The van der Waals surface area contributed by atoms with Gasteiger partial charge < -0.3 is 10.4 Å². The van der Waals surface area contributed by atoms with Crippen molar-refractivity contribution in [1.82, 2.24) is 15.5 Å². The van der Waals surface area contributed by atoms with Crippen LogP contribution in [0.15, 0.2) is 0 Å². The van der Waals surface area contributed by atoms with Crippen LogP contribution >= 0.6 is 0 Å². The van der Waals surface area contributed by atoms with Gasteiger partial charge in [-0.15, -0.1) is 0 Å². The number of nitrogens with one attached hydrogen (secondary N) is 2. The Morgan fingerprint density at radius 2 is 1.88 bits per heavy atom. The van der Waals surface area contributed by atoms with Crippen LogP contribution in [-0.2, 0) is 9.59 Å². The lowest BCUT2D eigenvalue weighted by atomic mass is 10.4. The molecule has 0 radical (unpaired) electrons. The van der Waals surface area contributed by atoms with Crippen LogP contribution in [0.3, 0.4) is 0 Å². The van der Waals surface area contributed by atoms with E-state index in [9.17, 15) is 14.4 Å². The third-order valence-electron chi connectivity index (χ3n) is 1.61. The number of carbonyl (C=O) groups excluding carboxylic acids is 2. The molecule has 0 atom stereocenters. The van der Waals surface area contributed by atoms with Gasteiger partial charge >= 0.3 is 12.0 Å². The average Bonchev–Trinajstić information content (AvgIpc) is 2.12.